The molecule has 2 aromatic rings. The van der Waals surface area contributed by atoms with Gasteiger partial charge >= 0.3 is 0 Å². The van der Waals surface area contributed by atoms with Crippen molar-refractivity contribution in [1.29, 1.82) is 0 Å². The zero-order valence-electron chi connectivity index (χ0n) is 11.8. The normalized spacial score (nSPS) is 15.0. The number of amides is 1. The van der Waals surface area contributed by atoms with Crippen LogP contribution in [0.15, 0.2) is 33.9 Å². The van der Waals surface area contributed by atoms with Crippen molar-refractivity contribution >= 4 is 33.6 Å². The minimum Gasteiger partial charge on any atom is -0.378 e. The Bertz CT molecular complexity index is 658. The number of aromatic nitrogens is 3. The Labute approximate surface area is 140 Å². The molecule has 0 aliphatic carbocycles. The van der Waals surface area contributed by atoms with Gasteiger partial charge in [-0.2, -0.15) is 0 Å². The number of hydrogen-bond donors (Lipinski definition) is 1. The van der Waals surface area contributed by atoms with Gasteiger partial charge in [0.2, 0.25) is 11.1 Å². The quantitative estimate of drug-likeness (QED) is 0.820. The fraction of sp³-hybridized carbons (Fsp3) is 0.357. The molecular formula is C14H15BrN4O2S. The van der Waals surface area contributed by atoms with E-state index in [1.165, 1.54) is 11.8 Å². The third-order valence-corrected chi connectivity index (χ3v) is 4.81. The number of thioether (sulfide) groups is 1. The molecule has 3 rings (SSSR count). The van der Waals surface area contributed by atoms with Gasteiger partial charge in [-0.25, -0.2) is 4.98 Å². The van der Waals surface area contributed by atoms with Gasteiger partial charge in [-0.15, -0.1) is 5.10 Å². The number of H-pyrrole nitrogens is 1. The number of carbonyl (C=O) groups excluding carboxylic acids is 1. The minimum absolute atomic E-state index is 0.0977. The van der Waals surface area contributed by atoms with Crippen LogP contribution in [0, 0.1) is 0 Å². The average Bonchev–Trinajstić information content (AvgIpc) is 3.02. The summed E-state index contributed by atoms with van der Waals surface area (Å²) in [6.45, 7) is 2.55. The van der Waals surface area contributed by atoms with Gasteiger partial charge in [0.15, 0.2) is 5.82 Å². The summed E-state index contributed by atoms with van der Waals surface area (Å²) in [4.78, 5) is 18.3. The third-order valence-electron chi connectivity index (χ3n) is 3.28. The highest BCUT2D eigenvalue weighted by molar-refractivity contribution is 9.10. The Balaban J connectivity index is 1.60. The maximum Gasteiger partial charge on any atom is 0.233 e. The third kappa shape index (κ3) is 3.68. The van der Waals surface area contributed by atoms with E-state index in [9.17, 15) is 4.79 Å². The molecule has 0 spiro atoms. The molecule has 0 atom stereocenters. The van der Waals surface area contributed by atoms with Gasteiger partial charge in [-0.1, -0.05) is 45.9 Å². The molecule has 0 unspecified atom stereocenters. The molecule has 0 saturated carbocycles. The van der Waals surface area contributed by atoms with Gasteiger partial charge < -0.3 is 9.64 Å². The standard InChI is InChI=1S/C14H15BrN4O2S/c15-11-4-2-1-3-10(11)13-16-14(18-17-13)22-9-12(20)19-5-7-21-8-6-19/h1-4H,5-9H2,(H,16,17,18). The van der Waals surface area contributed by atoms with Gasteiger partial charge in [-0.05, 0) is 6.07 Å². The molecule has 0 radical (unpaired) electrons. The first kappa shape index (κ1) is 15.5. The number of ether oxygens (including phenoxy) is 1. The largest absolute Gasteiger partial charge is 0.378 e. The van der Waals surface area contributed by atoms with Crippen LogP contribution in [-0.4, -0.2) is 58.0 Å². The summed E-state index contributed by atoms with van der Waals surface area (Å²) in [6, 6.07) is 7.79. The van der Waals surface area contributed by atoms with Crippen LogP contribution in [0.1, 0.15) is 0 Å². The second-order valence-corrected chi connectivity index (χ2v) is 6.53. The molecule has 1 fully saturated rings. The van der Waals surface area contributed by atoms with Crippen LogP contribution in [0.4, 0.5) is 0 Å². The Kier molecular flexibility index (Phi) is 5.12. The van der Waals surface area contributed by atoms with Crippen molar-refractivity contribution < 1.29 is 9.53 Å². The van der Waals surface area contributed by atoms with Gasteiger partial charge in [0, 0.05) is 23.1 Å². The second-order valence-electron chi connectivity index (χ2n) is 4.73. The van der Waals surface area contributed by atoms with Crippen LogP contribution in [-0.2, 0) is 9.53 Å². The molecule has 1 N–H and O–H groups in total. The zero-order chi connectivity index (χ0) is 15.4. The molecule has 1 aromatic heterocycles. The number of aromatic amines is 1. The molecule has 6 nitrogen and oxygen atoms in total. The molecule has 1 saturated heterocycles. The highest BCUT2D eigenvalue weighted by Gasteiger charge is 2.18. The van der Waals surface area contributed by atoms with Crippen molar-refractivity contribution in [1.82, 2.24) is 20.1 Å². The maximum absolute atomic E-state index is 12.1. The molecule has 0 bridgehead atoms. The first-order chi connectivity index (χ1) is 10.7. The predicted octanol–water partition coefficient (Wildman–Crippen LogP) is 2.19. The lowest BCUT2D eigenvalue weighted by Gasteiger charge is -2.26. The van der Waals surface area contributed by atoms with E-state index in [1.54, 1.807) is 0 Å². The summed E-state index contributed by atoms with van der Waals surface area (Å²) in [5.41, 5.74) is 0.946. The van der Waals surface area contributed by atoms with E-state index in [0.29, 0.717) is 43.0 Å². The predicted molar refractivity (Wildman–Crippen MR) is 87.6 cm³/mol. The van der Waals surface area contributed by atoms with Crippen LogP contribution < -0.4 is 0 Å². The average molecular weight is 383 g/mol. The van der Waals surface area contributed by atoms with Crippen molar-refractivity contribution in [2.45, 2.75) is 5.16 Å². The smallest absolute Gasteiger partial charge is 0.233 e. The van der Waals surface area contributed by atoms with Crippen molar-refractivity contribution in [2.24, 2.45) is 0 Å². The molecule has 116 valence electrons. The summed E-state index contributed by atoms with van der Waals surface area (Å²) < 4.78 is 6.19. The lowest BCUT2D eigenvalue weighted by molar-refractivity contribution is -0.132. The minimum atomic E-state index is 0.0977. The zero-order valence-corrected chi connectivity index (χ0v) is 14.2. The van der Waals surface area contributed by atoms with Crippen molar-refractivity contribution in [3.8, 4) is 11.4 Å². The van der Waals surface area contributed by atoms with Crippen LogP contribution in [0.25, 0.3) is 11.4 Å². The number of hydrogen-bond acceptors (Lipinski definition) is 5. The van der Waals surface area contributed by atoms with Crippen LogP contribution in [0.5, 0.6) is 0 Å². The fourth-order valence-corrected chi connectivity index (χ4v) is 3.29. The highest BCUT2D eigenvalue weighted by atomic mass is 79.9. The molecule has 2 heterocycles. The van der Waals surface area contributed by atoms with Crippen molar-refractivity contribution in [2.75, 3.05) is 32.1 Å². The van der Waals surface area contributed by atoms with E-state index in [2.05, 4.69) is 31.1 Å². The van der Waals surface area contributed by atoms with E-state index >= 15 is 0 Å². The Morgan fingerprint density at radius 1 is 1.36 bits per heavy atom. The molecule has 22 heavy (non-hydrogen) atoms. The monoisotopic (exact) mass is 382 g/mol. The Morgan fingerprint density at radius 2 is 2.14 bits per heavy atom. The summed E-state index contributed by atoms with van der Waals surface area (Å²) in [5.74, 6) is 1.13. The molecule has 1 aliphatic rings. The molecular weight excluding hydrogens is 368 g/mol. The Morgan fingerprint density at radius 3 is 2.91 bits per heavy atom. The number of halogens is 1. The molecule has 1 aliphatic heterocycles. The van der Waals surface area contributed by atoms with Gasteiger partial charge in [0.1, 0.15) is 0 Å². The van der Waals surface area contributed by atoms with E-state index in [4.69, 9.17) is 4.74 Å². The van der Waals surface area contributed by atoms with Crippen molar-refractivity contribution in [3.63, 3.8) is 0 Å². The van der Waals surface area contributed by atoms with Crippen molar-refractivity contribution in [3.05, 3.63) is 28.7 Å². The fourth-order valence-electron chi connectivity index (χ4n) is 2.11. The van der Waals surface area contributed by atoms with Gasteiger partial charge in [-0.3, -0.25) is 9.89 Å². The van der Waals surface area contributed by atoms with Crippen LogP contribution >= 0.6 is 27.7 Å². The van der Waals surface area contributed by atoms with E-state index in [-0.39, 0.29) is 5.91 Å². The van der Waals surface area contributed by atoms with Gasteiger partial charge in [0.25, 0.3) is 0 Å². The summed E-state index contributed by atoms with van der Waals surface area (Å²) in [5, 5.41) is 7.65. The van der Waals surface area contributed by atoms with Crippen LogP contribution in [0.2, 0.25) is 0 Å². The number of rotatable bonds is 4. The SMILES string of the molecule is O=C(CSc1n[nH]c(-c2ccccc2Br)n1)N1CCOCC1. The lowest BCUT2D eigenvalue weighted by Crippen LogP contribution is -2.41. The van der Waals surface area contributed by atoms with E-state index in [0.717, 1.165) is 10.0 Å². The number of benzene rings is 1. The molecule has 1 amide bonds. The highest BCUT2D eigenvalue weighted by Crippen LogP contribution is 2.26. The van der Waals surface area contributed by atoms with E-state index in [1.807, 2.05) is 29.2 Å². The van der Waals surface area contributed by atoms with Crippen LogP contribution in [0.3, 0.4) is 0 Å². The second kappa shape index (κ2) is 7.26. The topological polar surface area (TPSA) is 71.1 Å². The lowest BCUT2D eigenvalue weighted by atomic mass is 10.2. The molecule has 8 heteroatoms. The summed E-state index contributed by atoms with van der Waals surface area (Å²) in [6.07, 6.45) is 0. The number of nitrogens with zero attached hydrogens (tertiary/aromatic N) is 3. The Hall–Kier alpha value is -1.38. The first-order valence-electron chi connectivity index (χ1n) is 6.89. The number of carbonyl (C=O) groups is 1. The van der Waals surface area contributed by atoms with E-state index < -0.39 is 0 Å². The maximum atomic E-state index is 12.1. The van der Waals surface area contributed by atoms with Gasteiger partial charge in [0.05, 0.1) is 19.0 Å². The molecule has 1 aromatic carbocycles. The number of nitrogens with one attached hydrogen (secondary N) is 1. The summed E-state index contributed by atoms with van der Waals surface area (Å²) in [7, 11) is 0. The summed E-state index contributed by atoms with van der Waals surface area (Å²) >= 11 is 4.83. The number of morpholine rings is 1. The first-order valence-corrected chi connectivity index (χ1v) is 8.67.